The summed E-state index contributed by atoms with van der Waals surface area (Å²) in [5, 5.41) is -0.347. The number of anilines is 6. The first kappa shape index (κ1) is 42.7. The number of nitrogens with zero attached hydrogens (tertiary/aromatic N) is 2. The fourth-order valence-corrected chi connectivity index (χ4v) is 16.5. The van der Waals surface area contributed by atoms with Gasteiger partial charge in [0.25, 0.3) is 0 Å². The van der Waals surface area contributed by atoms with Gasteiger partial charge in [-0.05, 0) is 5.41 Å². The molecule has 4 aliphatic heterocycles. The summed E-state index contributed by atoms with van der Waals surface area (Å²) in [5.74, 6) is -0.646. The quantitative estimate of drug-likeness (QED) is 0.141. The monoisotopic (exact) mass is 1350 g/mol. The second-order valence-corrected chi connectivity index (χ2v) is 30.6. The molecule has 4 heterocycles. The molecule has 0 unspecified atom stereocenters. The zero-order valence-corrected chi connectivity index (χ0v) is 57.2. The Kier molecular flexibility index (Phi) is 10.2. The van der Waals surface area contributed by atoms with E-state index < -0.39 is 181 Å². The molecule has 0 aliphatic carbocycles. The summed E-state index contributed by atoms with van der Waals surface area (Å²) in [6.07, 6.45) is 0. The van der Waals surface area contributed by atoms with Crippen molar-refractivity contribution >= 4 is 116 Å². The topological polar surface area (TPSA) is 15.7 Å². The first-order valence-electron chi connectivity index (χ1n) is 42.4. The Balaban J connectivity index is 1.14. The average Bonchev–Trinajstić information content (AvgIpc) is 0.655. The third-order valence-corrected chi connectivity index (χ3v) is 21.3. The van der Waals surface area contributed by atoms with Crippen LogP contribution in [0.25, 0.3) is 66.8 Å². The van der Waals surface area contributed by atoms with Gasteiger partial charge < -0.3 is 0 Å². The number of halogens is 1. The number of ether oxygens (including phenoxy) is 1. The molecule has 0 amide bonds. The molecule has 0 radical (unpaired) electrons. The second kappa shape index (κ2) is 23.2. The zero-order chi connectivity index (χ0) is 83.6. The van der Waals surface area contributed by atoms with Crippen LogP contribution >= 0.6 is 11.6 Å². The molecule has 0 spiro atoms. The molecule has 0 bridgehead atoms. The molecule has 0 saturated carbocycles. The molecular formula is C90H73B2ClN2OSe. The number of rotatable bonds is 8. The standard InChI is InChI=1S/C90H73B2ClN2OSe/c1-88(2,3)64-48-68(58-32-20-12-21-33-58)85(69(49-64)59-34-22-13-23-35-59)94-75-54-67(93)42-43-72(75)92-82-76(94)52-66(90(7,8)9)53-77(82)95(86-70(60-36-24-14-25-37-60)50-65(89(4,5)6)51-71(86)61-38-26-15-27-39-61)78-55-81-84-87(83(78)92)96-79-44-40-62(56-28-16-10-17-29-56)46-73(79)91(84)74-47-63(41-45-80(74)97-81)57-30-18-11-19-31-57/h10-55H,1-9H3/i10D,11D,16D,17D,18D,19D,28D,29D,30D,31D,40D,41D,42D,43D,44D,45D,46D,47D,54D,55D. The molecule has 0 N–H and O–H groups in total. The number of hydrogen-bond acceptors (Lipinski definition) is 3. The Hall–Kier alpha value is -9.80. The van der Waals surface area contributed by atoms with Crippen LogP contribution in [0.5, 0.6) is 11.5 Å². The Morgan fingerprint density at radius 1 is 0.361 bits per heavy atom. The zero-order valence-electron chi connectivity index (χ0n) is 74.8. The third kappa shape index (κ3) is 10.3. The van der Waals surface area contributed by atoms with Gasteiger partial charge in [0.15, 0.2) is 0 Å². The van der Waals surface area contributed by atoms with Gasteiger partial charge in [0.05, 0.1) is 0 Å². The van der Waals surface area contributed by atoms with Crippen LogP contribution in [0.4, 0.5) is 34.1 Å². The first-order valence-corrected chi connectivity index (χ1v) is 34.5. The molecule has 17 rings (SSSR count). The van der Waals surface area contributed by atoms with Crippen LogP contribution in [0.2, 0.25) is 5.02 Å². The molecule has 3 nitrogen and oxygen atoms in total. The molecule has 7 heteroatoms. The summed E-state index contributed by atoms with van der Waals surface area (Å²) in [7, 11) is 0. The minimum absolute atomic E-state index is 0.0199. The Morgan fingerprint density at radius 3 is 1.26 bits per heavy atom. The summed E-state index contributed by atoms with van der Waals surface area (Å²) < 4.78 is 205. The number of benzene rings is 13. The van der Waals surface area contributed by atoms with Crippen LogP contribution in [0, 0.1) is 0 Å². The van der Waals surface area contributed by atoms with E-state index in [-0.39, 0.29) is 70.5 Å². The Morgan fingerprint density at radius 2 is 0.794 bits per heavy atom. The summed E-state index contributed by atoms with van der Waals surface area (Å²) in [6, 6.07) is 38.7. The van der Waals surface area contributed by atoms with Gasteiger partial charge in [-0.15, -0.1) is 0 Å². The van der Waals surface area contributed by atoms with Crippen molar-refractivity contribution < 1.29 is 32.2 Å². The summed E-state index contributed by atoms with van der Waals surface area (Å²) in [4.78, 5) is 4.10. The van der Waals surface area contributed by atoms with Crippen LogP contribution in [0.3, 0.4) is 0 Å². The van der Waals surface area contributed by atoms with Crippen molar-refractivity contribution in [3.05, 3.63) is 300 Å². The van der Waals surface area contributed by atoms with Gasteiger partial charge in [-0.3, -0.25) is 0 Å². The van der Waals surface area contributed by atoms with Crippen LogP contribution < -0.4 is 56.2 Å². The Labute approximate surface area is 611 Å². The normalized spacial score (nSPS) is 16.3. The van der Waals surface area contributed by atoms with E-state index in [4.69, 9.17) is 24.6 Å². The molecule has 0 saturated heterocycles. The van der Waals surface area contributed by atoms with Crippen molar-refractivity contribution in [1.82, 2.24) is 0 Å². The molecule has 13 aromatic carbocycles. The van der Waals surface area contributed by atoms with Gasteiger partial charge in [-0.2, -0.15) is 0 Å². The molecular weight excluding hydrogens is 1260 g/mol. The molecule has 97 heavy (non-hydrogen) atoms. The molecule has 4 aliphatic rings. The second-order valence-electron chi connectivity index (χ2n) is 28.1. The van der Waals surface area contributed by atoms with Crippen molar-refractivity contribution in [2.45, 2.75) is 78.6 Å². The van der Waals surface area contributed by atoms with E-state index in [0.717, 1.165) is 50.1 Å². The molecule has 468 valence electrons. The number of fused-ring (bicyclic) bond motifs is 9. The van der Waals surface area contributed by atoms with Crippen LogP contribution in [0.1, 0.15) is 106 Å². The van der Waals surface area contributed by atoms with Crippen molar-refractivity contribution in [1.29, 1.82) is 0 Å². The number of hydrogen-bond donors (Lipinski definition) is 0. The maximum absolute atomic E-state index is 11.9. The van der Waals surface area contributed by atoms with Crippen molar-refractivity contribution in [3.8, 4) is 78.3 Å². The van der Waals surface area contributed by atoms with E-state index >= 15 is 0 Å². The first-order chi connectivity index (χ1) is 55.3. The maximum atomic E-state index is 11.9. The summed E-state index contributed by atoms with van der Waals surface area (Å²) >= 11 is 6.12. The summed E-state index contributed by atoms with van der Waals surface area (Å²) in [5.41, 5.74) is 7.04. The van der Waals surface area contributed by atoms with Gasteiger partial charge in [0.1, 0.15) is 0 Å². The van der Waals surface area contributed by atoms with Crippen LogP contribution in [0.15, 0.2) is 279 Å². The van der Waals surface area contributed by atoms with Gasteiger partial charge in [-0.25, -0.2) is 0 Å². The third-order valence-electron chi connectivity index (χ3n) is 18.9. The van der Waals surface area contributed by atoms with Gasteiger partial charge >= 0.3 is 552 Å². The van der Waals surface area contributed by atoms with Gasteiger partial charge in [0.2, 0.25) is 0 Å². The average molecular weight is 1350 g/mol. The predicted molar refractivity (Wildman–Crippen MR) is 417 cm³/mol. The van der Waals surface area contributed by atoms with E-state index in [1.165, 1.54) is 0 Å². The van der Waals surface area contributed by atoms with E-state index in [0.29, 0.717) is 39.3 Å². The van der Waals surface area contributed by atoms with Gasteiger partial charge in [-0.1, -0.05) is 57.2 Å². The SMILES string of the molecule is [2H]c1c([2H])c([2H])c(-c2c([2H])c([2H])c3c(c2[2H])B2c4c([2H])c(-c5c([2H])c([2H])c([2H])c([2H])c5[2H])c([2H])c([2H])c4[Se]c4c([2H])c5c(c(c42)O3)B2c3c(cc(C(C)(C)C)cc3N5c3c(-c4ccccc4)cc(C(C)(C)C)cc3-c3ccccc3)N(c3c(-c4ccccc4)cc(C(C)(C)C)cc3-c3ccccc3)c3c([2H])c(Cl)c([2H])c([2H])c32)c([2H])c1[2H]. The summed E-state index contributed by atoms with van der Waals surface area (Å²) in [6.45, 7) is 15.9. The fraction of sp³-hybridized carbons (Fsp3) is 0.133. The molecule has 0 fully saturated rings. The van der Waals surface area contributed by atoms with Crippen molar-refractivity contribution in [2.24, 2.45) is 0 Å². The molecule has 0 atom stereocenters. The minimum atomic E-state index is -1.76. The Bertz CT molecular complexity index is 6290. The van der Waals surface area contributed by atoms with Crippen molar-refractivity contribution in [2.75, 3.05) is 9.80 Å². The fourth-order valence-electron chi connectivity index (χ4n) is 14.1. The molecule has 13 aromatic rings. The van der Waals surface area contributed by atoms with E-state index in [1.54, 1.807) is 0 Å². The van der Waals surface area contributed by atoms with Crippen LogP contribution in [-0.2, 0) is 16.2 Å². The molecule has 0 aromatic heterocycles. The van der Waals surface area contributed by atoms with Crippen molar-refractivity contribution in [3.63, 3.8) is 0 Å². The van der Waals surface area contributed by atoms with Gasteiger partial charge in [0, 0.05) is 0 Å². The van der Waals surface area contributed by atoms with Crippen LogP contribution in [-0.4, -0.2) is 28.4 Å². The van der Waals surface area contributed by atoms with E-state index in [9.17, 15) is 19.2 Å². The predicted octanol–water partition coefficient (Wildman–Crippen LogP) is 18.9. The van der Waals surface area contributed by atoms with E-state index in [1.807, 2.05) is 126 Å². The van der Waals surface area contributed by atoms with E-state index in [2.05, 4.69) is 104 Å².